The number of nitrogens with zero attached hydrogens (tertiary/aromatic N) is 3. The normalized spacial score (nSPS) is 28.9. The van der Waals surface area contributed by atoms with E-state index in [2.05, 4.69) is 10.6 Å². The molecule has 0 bridgehead atoms. The quantitative estimate of drug-likeness (QED) is 0.437. The number of nitrogens with one attached hydrogen (secondary N) is 2. The summed E-state index contributed by atoms with van der Waals surface area (Å²) in [7, 11) is 3.08. The van der Waals surface area contributed by atoms with Crippen molar-refractivity contribution in [3.05, 3.63) is 0 Å². The lowest BCUT2D eigenvalue weighted by atomic mass is 9.92. The van der Waals surface area contributed by atoms with Crippen molar-refractivity contribution in [1.82, 2.24) is 25.3 Å². The highest BCUT2D eigenvalue weighted by Crippen LogP contribution is 2.24. The number of hydrogen-bond acceptors (Lipinski definition) is 7. The van der Waals surface area contributed by atoms with Gasteiger partial charge in [-0.3, -0.25) is 28.8 Å². The molecule has 0 aromatic carbocycles. The van der Waals surface area contributed by atoms with E-state index in [1.165, 1.54) is 21.7 Å². The van der Waals surface area contributed by atoms with E-state index in [1.807, 2.05) is 41.5 Å². The molecule has 12 heteroatoms. The van der Waals surface area contributed by atoms with Crippen LogP contribution < -0.4 is 10.6 Å². The van der Waals surface area contributed by atoms with Gasteiger partial charge < -0.3 is 30.1 Å². The van der Waals surface area contributed by atoms with Crippen LogP contribution in [0.5, 0.6) is 0 Å². The van der Waals surface area contributed by atoms with E-state index in [4.69, 9.17) is 4.74 Å². The smallest absolute Gasteiger partial charge is 0.308 e. The summed E-state index contributed by atoms with van der Waals surface area (Å²) in [6.07, 6.45) is 1.24. The fourth-order valence-electron chi connectivity index (χ4n) is 5.65. The molecule has 2 N–H and O–H groups in total. The maximum Gasteiger partial charge on any atom is 0.308 e. The number of fused-ring (bicyclic) bond motifs is 1. The molecule has 7 atom stereocenters. The van der Waals surface area contributed by atoms with Crippen molar-refractivity contribution in [2.45, 2.75) is 117 Å². The second-order valence-electron chi connectivity index (χ2n) is 12.6. The third-order valence-corrected chi connectivity index (χ3v) is 8.99. The topological polar surface area (TPSA) is 145 Å². The Morgan fingerprint density at radius 3 is 2.07 bits per heavy atom. The van der Waals surface area contributed by atoms with Gasteiger partial charge in [-0.05, 0) is 43.9 Å². The number of ether oxygens (including phenoxy) is 1. The van der Waals surface area contributed by atoms with Gasteiger partial charge in [0.1, 0.15) is 24.2 Å². The van der Waals surface area contributed by atoms with E-state index < -0.39 is 65.8 Å². The van der Waals surface area contributed by atoms with Gasteiger partial charge in [0, 0.05) is 27.2 Å². The van der Waals surface area contributed by atoms with E-state index in [0.717, 1.165) is 0 Å². The predicted octanol–water partition coefficient (Wildman–Crippen LogP) is 1.71. The highest BCUT2D eigenvalue weighted by atomic mass is 16.5. The van der Waals surface area contributed by atoms with Crippen LogP contribution in [0.4, 0.5) is 0 Å². The SMILES string of the molecule is CC[C@H](C)C1C(=O)N(C)[C@@H](C)C(=O)NCCC(=O)O[C@@H](CC(C)C)C(=O)N2CCC[C@H]2C(=O)N[C@@H]([C@@H](C)CC)C(=O)N1C. The molecular weight excluding hydrogens is 554 g/mol. The Morgan fingerprint density at radius 2 is 1.49 bits per heavy atom. The standard InChI is InChI=1S/C31H53N5O7/c1-10-19(5)25-30(41)35(9)26(20(6)11-2)31(42)34(8)21(7)27(38)32-15-14-24(37)43-23(17-18(3)4)29(40)36-16-12-13-22(36)28(39)33-25/h18-23,25-26H,10-17H2,1-9H3,(H,32,38)(H,33,39)/t19-,20-,21-,22-,23-,25-,26?/m0/s1. The molecule has 0 spiro atoms. The highest BCUT2D eigenvalue weighted by Gasteiger charge is 2.43. The van der Waals surface area contributed by atoms with Crippen LogP contribution in [0.3, 0.4) is 0 Å². The second kappa shape index (κ2) is 16.0. The molecule has 2 heterocycles. The Labute approximate surface area is 256 Å². The third kappa shape index (κ3) is 8.92. The van der Waals surface area contributed by atoms with Gasteiger partial charge in [0.15, 0.2) is 6.10 Å². The molecule has 5 amide bonds. The molecule has 2 saturated heterocycles. The number of carbonyl (C=O) groups is 6. The lowest BCUT2D eigenvalue weighted by Crippen LogP contribution is -2.61. The maximum atomic E-state index is 14.0. The number of likely N-dealkylation sites (N-methyl/N-ethyl adjacent to an activating group) is 2. The lowest BCUT2D eigenvalue weighted by Gasteiger charge is -2.38. The molecule has 43 heavy (non-hydrogen) atoms. The number of amides is 5. The number of cyclic esters (lactones) is 1. The van der Waals surface area contributed by atoms with Gasteiger partial charge in [-0.1, -0.05) is 54.4 Å². The van der Waals surface area contributed by atoms with E-state index >= 15 is 0 Å². The molecule has 12 nitrogen and oxygen atoms in total. The van der Waals surface area contributed by atoms with Gasteiger partial charge in [0.2, 0.25) is 23.6 Å². The van der Waals surface area contributed by atoms with Crippen LogP contribution >= 0.6 is 0 Å². The minimum absolute atomic E-state index is 0.0354. The van der Waals surface area contributed by atoms with Gasteiger partial charge >= 0.3 is 5.97 Å². The van der Waals surface area contributed by atoms with Crippen molar-refractivity contribution >= 4 is 35.5 Å². The number of carbonyl (C=O) groups excluding carboxylic acids is 6. The molecule has 0 aromatic heterocycles. The number of esters is 1. The van der Waals surface area contributed by atoms with Crippen molar-refractivity contribution in [2.75, 3.05) is 27.2 Å². The van der Waals surface area contributed by atoms with Crippen LogP contribution in [0.15, 0.2) is 0 Å². The molecule has 2 rings (SSSR count). The zero-order valence-corrected chi connectivity index (χ0v) is 27.5. The van der Waals surface area contributed by atoms with Crippen LogP contribution in [0, 0.1) is 17.8 Å². The van der Waals surface area contributed by atoms with Gasteiger partial charge in [-0.25, -0.2) is 0 Å². The minimum Gasteiger partial charge on any atom is -0.452 e. The van der Waals surface area contributed by atoms with Gasteiger partial charge in [-0.2, -0.15) is 0 Å². The van der Waals surface area contributed by atoms with E-state index in [1.54, 1.807) is 14.0 Å². The summed E-state index contributed by atoms with van der Waals surface area (Å²) in [4.78, 5) is 85.1. The molecule has 0 aliphatic carbocycles. The van der Waals surface area contributed by atoms with Crippen molar-refractivity contribution in [3.63, 3.8) is 0 Å². The minimum atomic E-state index is -1.07. The lowest BCUT2D eigenvalue weighted by molar-refractivity contribution is -0.162. The van der Waals surface area contributed by atoms with Crippen LogP contribution in [0.25, 0.3) is 0 Å². The first-order valence-electron chi connectivity index (χ1n) is 15.8. The predicted molar refractivity (Wildman–Crippen MR) is 161 cm³/mol. The fraction of sp³-hybridized carbons (Fsp3) is 0.806. The highest BCUT2D eigenvalue weighted by molar-refractivity contribution is 5.96. The molecule has 2 aliphatic rings. The molecule has 2 aliphatic heterocycles. The van der Waals surface area contributed by atoms with E-state index in [9.17, 15) is 28.8 Å². The third-order valence-electron chi connectivity index (χ3n) is 8.99. The molecule has 0 saturated carbocycles. The van der Waals surface area contributed by atoms with Crippen molar-refractivity contribution in [3.8, 4) is 0 Å². The largest absolute Gasteiger partial charge is 0.452 e. The summed E-state index contributed by atoms with van der Waals surface area (Å²) in [5, 5.41) is 5.60. The maximum absolute atomic E-state index is 14.0. The second-order valence-corrected chi connectivity index (χ2v) is 12.6. The Kier molecular flexibility index (Phi) is 13.4. The summed E-state index contributed by atoms with van der Waals surface area (Å²) < 4.78 is 5.60. The average molecular weight is 608 g/mol. The van der Waals surface area contributed by atoms with Crippen LogP contribution in [0.2, 0.25) is 0 Å². The summed E-state index contributed by atoms with van der Waals surface area (Å²) in [6, 6.07) is -3.50. The van der Waals surface area contributed by atoms with E-state index in [-0.39, 0.29) is 37.1 Å². The Balaban J connectivity index is 2.56. The summed E-state index contributed by atoms with van der Waals surface area (Å²) >= 11 is 0. The van der Waals surface area contributed by atoms with Gasteiger partial charge in [-0.15, -0.1) is 0 Å². The van der Waals surface area contributed by atoms with Crippen LogP contribution in [-0.4, -0.2) is 108 Å². The van der Waals surface area contributed by atoms with Gasteiger partial charge in [0.25, 0.3) is 5.91 Å². The average Bonchev–Trinajstić information content (AvgIpc) is 3.46. The molecular formula is C31H53N5O7. The summed E-state index contributed by atoms with van der Waals surface area (Å²) in [5.74, 6) is -3.27. The Bertz CT molecular complexity index is 1030. The number of rotatable bonds is 6. The van der Waals surface area contributed by atoms with Crippen LogP contribution in [0.1, 0.15) is 87.0 Å². The van der Waals surface area contributed by atoms with Crippen molar-refractivity contribution in [1.29, 1.82) is 0 Å². The number of hydrogen-bond donors (Lipinski definition) is 2. The molecule has 2 fully saturated rings. The summed E-state index contributed by atoms with van der Waals surface area (Å²) in [5.41, 5.74) is 0. The van der Waals surface area contributed by atoms with Crippen molar-refractivity contribution in [2.24, 2.45) is 17.8 Å². The first kappa shape index (κ1) is 36.0. The summed E-state index contributed by atoms with van der Waals surface area (Å²) in [6.45, 7) is 13.3. The molecule has 1 unspecified atom stereocenters. The van der Waals surface area contributed by atoms with Crippen LogP contribution in [-0.2, 0) is 33.5 Å². The first-order chi connectivity index (χ1) is 20.2. The Hall–Kier alpha value is -3.18. The van der Waals surface area contributed by atoms with Gasteiger partial charge in [0.05, 0.1) is 6.42 Å². The van der Waals surface area contributed by atoms with Crippen molar-refractivity contribution < 1.29 is 33.5 Å². The molecule has 244 valence electrons. The van der Waals surface area contributed by atoms with E-state index in [0.29, 0.717) is 32.2 Å². The molecule has 0 radical (unpaired) electrons. The molecule has 0 aromatic rings. The zero-order chi connectivity index (χ0) is 32.6. The monoisotopic (exact) mass is 607 g/mol. The fourth-order valence-corrected chi connectivity index (χ4v) is 5.65. The first-order valence-corrected chi connectivity index (χ1v) is 15.8. The Morgan fingerprint density at radius 1 is 0.860 bits per heavy atom. The zero-order valence-electron chi connectivity index (χ0n) is 27.5.